The second kappa shape index (κ2) is 7.39. The lowest BCUT2D eigenvalue weighted by Gasteiger charge is -2.31. The number of nitrogens with two attached hydrogens (primary N) is 1. The molecule has 1 aliphatic heterocycles. The van der Waals surface area contributed by atoms with Crippen molar-refractivity contribution >= 4 is 17.6 Å². The molecule has 2 rings (SSSR count). The number of piperidine rings is 1. The molecule has 1 saturated heterocycles. The number of ether oxygens (including phenoxy) is 1. The van der Waals surface area contributed by atoms with Crippen molar-refractivity contribution in [3.63, 3.8) is 0 Å². The molecule has 0 aromatic heterocycles. The Morgan fingerprint density at radius 2 is 2.20 bits per heavy atom. The van der Waals surface area contributed by atoms with Crippen LogP contribution in [0.1, 0.15) is 19.8 Å². The molecule has 1 aromatic rings. The minimum absolute atomic E-state index is 0.505. The Morgan fingerprint density at radius 1 is 1.45 bits per heavy atom. The van der Waals surface area contributed by atoms with Crippen LogP contribution in [0.4, 0.5) is 0 Å². The molecule has 0 radical (unpaired) electrons. The normalized spacial score (nSPS) is 17.3. The molecule has 0 spiro atoms. The molecular weight excluding hydrogens is 274 g/mol. The highest BCUT2D eigenvalue weighted by molar-refractivity contribution is 6.30. The van der Waals surface area contributed by atoms with E-state index in [1.165, 1.54) is 12.8 Å². The van der Waals surface area contributed by atoms with Crippen molar-refractivity contribution in [2.45, 2.75) is 19.8 Å². The van der Waals surface area contributed by atoms with Gasteiger partial charge in [0.25, 0.3) is 0 Å². The molecule has 1 heterocycles. The van der Waals surface area contributed by atoms with Gasteiger partial charge in [-0.25, -0.2) is 4.99 Å². The fourth-order valence-corrected chi connectivity index (χ4v) is 2.40. The quantitative estimate of drug-likeness (QED) is 0.528. The lowest BCUT2D eigenvalue weighted by Crippen LogP contribution is -2.42. The fraction of sp³-hybridized carbons (Fsp3) is 0.533. The molecule has 0 unspecified atom stereocenters. The molecule has 0 saturated carbocycles. The topological polar surface area (TPSA) is 50.8 Å². The molecule has 0 atom stereocenters. The first-order valence-electron chi connectivity index (χ1n) is 7.08. The van der Waals surface area contributed by atoms with Crippen molar-refractivity contribution < 1.29 is 4.74 Å². The van der Waals surface area contributed by atoms with E-state index in [1.807, 2.05) is 18.2 Å². The van der Waals surface area contributed by atoms with Crippen LogP contribution in [0.5, 0.6) is 5.75 Å². The SMILES string of the molecule is CC1CCN(C(N)=NCCOc2cccc(Cl)c2)CC1. The van der Waals surface area contributed by atoms with Crippen molar-refractivity contribution in [3.05, 3.63) is 29.3 Å². The van der Waals surface area contributed by atoms with Crippen molar-refractivity contribution in [3.8, 4) is 5.75 Å². The molecule has 4 nitrogen and oxygen atoms in total. The monoisotopic (exact) mass is 295 g/mol. The Balaban J connectivity index is 1.73. The molecule has 0 aliphatic carbocycles. The van der Waals surface area contributed by atoms with E-state index < -0.39 is 0 Å². The van der Waals surface area contributed by atoms with Crippen molar-refractivity contribution in [1.82, 2.24) is 4.90 Å². The van der Waals surface area contributed by atoms with Crippen LogP contribution in [0.3, 0.4) is 0 Å². The number of hydrogen-bond donors (Lipinski definition) is 1. The van der Waals surface area contributed by atoms with E-state index in [2.05, 4.69) is 16.8 Å². The predicted molar refractivity (Wildman–Crippen MR) is 83.4 cm³/mol. The molecule has 0 bridgehead atoms. The van der Waals surface area contributed by atoms with Gasteiger partial charge in [-0.15, -0.1) is 0 Å². The lowest BCUT2D eigenvalue weighted by atomic mass is 10.00. The van der Waals surface area contributed by atoms with Gasteiger partial charge in [0.2, 0.25) is 0 Å². The van der Waals surface area contributed by atoms with Crippen LogP contribution in [0, 0.1) is 5.92 Å². The highest BCUT2D eigenvalue weighted by atomic mass is 35.5. The summed E-state index contributed by atoms with van der Waals surface area (Å²) >= 11 is 5.89. The summed E-state index contributed by atoms with van der Waals surface area (Å²) in [4.78, 5) is 6.52. The van der Waals surface area contributed by atoms with Crippen LogP contribution < -0.4 is 10.5 Å². The smallest absolute Gasteiger partial charge is 0.191 e. The van der Waals surface area contributed by atoms with Crippen LogP contribution >= 0.6 is 11.6 Å². The van der Waals surface area contributed by atoms with Gasteiger partial charge in [0.1, 0.15) is 12.4 Å². The van der Waals surface area contributed by atoms with Gasteiger partial charge < -0.3 is 15.4 Å². The zero-order valence-electron chi connectivity index (χ0n) is 11.9. The zero-order valence-corrected chi connectivity index (χ0v) is 12.6. The van der Waals surface area contributed by atoms with Crippen molar-refractivity contribution in [2.24, 2.45) is 16.6 Å². The summed E-state index contributed by atoms with van der Waals surface area (Å²) in [5.74, 6) is 2.19. The summed E-state index contributed by atoms with van der Waals surface area (Å²) in [5, 5.41) is 0.674. The minimum Gasteiger partial charge on any atom is -0.492 e. The van der Waals surface area contributed by atoms with Gasteiger partial charge in [0.15, 0.2) is 5.96 Å². The average Bonchev–Trinajstić information content (AvgIpc) is 2.44. The minimum atomic E-state index is 0.505. The number of hydrogen-bond acceptors (Lipinski definition) is 2. The molecule has 5 heteroatoms. The predicted octanol–water partition coefficient (Wildman–Crippen LogP) is 2.77. The zero-order chi connectivity index (χ0) is 14.4. The highest BCUT2D eigenvalue weighted by Crippen LogP contribution is 2.17. The maximum Gasteiger partial charge on any atom is 0.191 e. The van der Waals surface area contributed by atoms with Gasteiger partial charge in [-0.05, 0) is 37.0 Å². The summed E-state index contributed by atoms with van der Waals surface area (Å²) < 4.78 is 5.58. The summed E-state index contributed by atoms with van der Waals surface area (Å²) in [6.45, 7) is 5.36. The Hall–Kier alpha value is -1.42. The summed E-state index contributed by atoms with van der Waals surface area (Å²) in [6.07, 6.45) is 2.38. The van der Waals surface area contributed by atoms with Gasteiger partial charge in [-0.1, -0.05) is 24.6 Å². The molecule has 110 valence electrons. The number of rotatable bonds is 4. The lowest BCUT2D eigenvalue weighted by molar-refractivity contribution is 0.276. The molecule has 2 N–H and O–H groups in total. The number of likely N-dealkylation sites (tertiary alicyclic amines) is 1. The van der Waals surface area contributed by atoms with E-state index in [-0.39, 0.29) is 0 Å². The van der Waals surface area contributed by atoms with E-state index in [9.17, 15) is 0 Å². The Kier molecular flexibility index (Phi) is 5.53. The first-order chi connectivity index (χ1) is 9.65. The third kappa shape index (κ3) is 4.60. The van der Waals surface area contributed by atoms with E-state index in [4.69, 9.17) is 22.1 Å². The second-order valence-corrected chi connectivity index (χ2v) is 5.65. The summed E-state index contributed by atoms with van der Waals surface area (Å²) in [6, 6.07) is 7.36. The number of guanidine groups is 1. The molecular formula is C15H22ClN3O. The van der Waals surface area contributed by atoms with Crippen LogP contribution in [0.15, 0.2) is 29.3 Å². The molecule has 1 aliphatic rings. The number of nitrogens with zero attached hydrogens (tertiary/aromatic N) is 2. The van der Waals surface area contributed by atoms with E-state index in [0.717, 1.165) is 24.8 Å². The van der Waals surface area contributed by atoms with Crippen LogP contribution in [-0.2, 0) is 0 Å². The van der Waals surface area contributed by atoms with E-state index in [0.29, 0.717) is 24.1 Å². The molecule has 0 amide bonds. The maximum atomic E-state index is 6.00. The third-order valence-corrected chi connectivity index (χ3v) is 3.77. The third-order valence-electron chi connectivity index (χ3n) is 3.54. The van der Waals surface area contributed by atoms with E-state index in [1.54, 1.807) is 6.07 Å². The number of aliphatic imine (C=N–C) groups is 1. The highest BCUT2D eigenvalue weighted by Gasteiger charge is 2.16. The van der Waals surface area contributed by atoms with Gasteiger partial charge in [-0.2, -0.15) is 0 Å². The first-order valence-corrected chi connectivity index (χ1v) is 7.46. The van der Waals surface area contributed by atoms with Gasteiger partial charge in [-0.3, -0.25) is 0 Å². The Morgan fingerprint density at radius 3 is 2.90 bits per heavy atom. The Bertz CT molecular complexity index is 456. The Labute approximate surface area is 125 Å². The first kappa shape index (κ1) is 15.0. The second-order valence-electron chi connectivity index (χ2n) is 5.22. The van der Waals surface area contributed by atoms with Gasteiger partial charge >= 0.3 is 0 Å². The van der Waals surface area contributed by atoms with Crippen LogP contribution in [0.2, 0.25) is 5.02 Å². The summed E-state index contributed by atoms with van der Waals surface area (Å²) in [5.41, 5.74) is 6.00. The molecule has 1 aromatic carbocycles. The van der Waals surface area contributed by atoms with Crippen molar-refractivity contribution in [1.29, 1.82) is 0 Å². The largest absolute Gasteiger partial charge is 0.492 e. The van der Waals surface area contributed by atoms with Crippen LogP contribution in [-0.4, -0.2) is 37.1 Å². The summed E-state index contributed by atoms with van der Waals surface area (Å²) in [7, 11) is 0. The van der Waals surface area contributed by atoms with Gasteiger partial charge in [0, 0.05) is 18.1 Å². The van der Waals surface area contributed by atoms with E-state index >= 15 is 0 Å². The van der Waals surface area contributed by atoms with Crippen LogP contribution in [0.25, 0.3) is 0 Å². The molecule has 1 fully saturated rings. The maximum absolute atomic E-state index is 6.00. The number of halogens is 1. The van der Waals surface area contributed by atoms with Crippen molar-refractivity contribution in [2.75, 3.05) is 26.2 Å². The number of benzene rings is 1. The standard InChI is InChI=1S/C15H22ClN3O/c1-12-5-8-19(9-6-12)15(17)18-7-10-20-14-4-2-3-13(16)11-14/h2-4,11-12H,5-10H2,1H3,(H2,17,18). The fourth-order valence-electron chi connectivity index (χ4n) is 2.22. The molecule has 20 heavy (non-hydrogen) atoms. The van der Waals surface area contributed by atoms with Gasteiger partial charge in [0.05, 0.1) is 6.54 Å². The average molecular weight is 296 g/mol.